The fourth-order valence-electron chi connectivity index (χ4n) is 1.94. The van der Waals surface area contributed by atoms with Gasteiger partial charge >= 0.3 is 0 Å². The molecule has 0 bridgehead atoms. The third-order valence-corrected chi connectivity index (χ3v) is 4.46. The summed E-state index contributed by atoms with van der Waals surface area (Å²) in [6.07, 6.45) is 2.34. The molecule has 2 heterocycles. The van der Waals surface area contributed by atoms with Crippen LogP contribution in [0.5, 0.6) is 0 Å². The summed E-state index contributed by atoms with van der Waals surface area (Å²) in [5, 5.41) is 0. The molecule has 0 unspecified atom stereocenters. The van der Waals surface area contributed by atoms with Crippen molar-refractivity contribution in [1.29, 1.82) is 0 Å². The molecule has 1 aromatic heterocycles. The van der Waals surface area contributed by atoms with Crippen LogP contribution in [0.15, 0.2) is 15.9 Å². The van der Waals surface area contributed by atoms with E-state index < -0.39 is 0 Å². The molecule has 0 radical (unpaired) electrons. The predicted octanol–water partition coefficient (Wildman–Crippen LogP) is 3.12. The maximum atomic E-state index is 5.37. The van der Waals surface area contributed by atoms with E-state index in [4.69, 9.17) is 4.74 Å². The highest BCUT2D eigenvalue weighted by Crippen LogP contribution is 2.24. The van der Waals surface area contributed by atoms with Crippen molar-refractivity contribution in [1.82, 2.24) is 4.90 Å². The molecule has 84 valence electrons. The molecule has 2 rings (SSSR count). The second-order valence-electron chi connectivity index (χ2n) is 3.96. The first-order chi connectivity index (χ1) is 7.25. The number of rotatable bonds is 3. The Bertz CT molecular complexity index is 309. The molecular formula is C11H16BrNOS. The van der Waals surface area contributed by atoms with Crippen LogP contribution in [0, 0.1) is 0 Å². The van der Waals surface area contributed by atoms with Crippen molar-refractivity contribution >= 4 is 27.3 Å². The average Bonchev–Trinajstić information content (AvgIpc) is 2.65. The lowest BCUT2D eigenvalue weighted by Crippen LogP contribution is -2.35. The van der Waals surface area contributed by atoms with Gasteiger partial charge in [-0.05, 0) is 48.0 Å². The van der Waals surface area contributed by atoms with Gasteiger partial charge in [0.25, 0.3) is 0 Å². The number of thiophene rings is 1. The predicted molar refractivity (Wildman–Crippen MR) is 67.3 cm³/mol. The molecule has 1 saturated heterocycles. The molecule has 1 fully saturated rings. The molecule has 0 amide bonds. The second kappa shape index (κ2) is 5.43. The number of hydrogen-bond donors (Lipinski definition) is 0. The SMILES string of the molecule is CN(Cc1ccc(Br)s1)C1CCOCC1. The summed E-state index contributed by atoms with van der Waals surface area (Å²) >= 11 is 5.32. The van der Waals surface area contributed by atoms with Gasteiger partial charge in [0.15, 0.2) is 0 Å². The first kappa shape index (κ1) is 11.6. The van der Waals surface area contributed by atoms with E-state index in [1.165, 1.54) is 21.5 Å². The third kappa shape index (κ3) is 3.28. The maximum Gasteiger partial charge on any atom is 0.0701 e. The van der Waals surface area contributed by atoms with Crippen molar-refractivity contribution in [2.24, 2.45) is 0 Å². The van der Waals surface area contributed by atoms with Gasteiger partial charge in [0.05, 0.1) is 3.79 Å². The van der Waals surface area contributed by atoms with Gasteiger partial charge in [-0.2, -0.15) is 0 Å². The fraction of sp³-hybridized carbons (Fsp3) is 0.636. The molecule has 2 nitrogen and oxygen atoms in total. The molecule has 1 aliphatic heterocycles. The Morgan fingerprint density at radius 1 is 1.47 bits per heavy atom. The first-order valence-electron chi connectivity index (χ1n) is 5.28. The molecule has 0 aromatic carbocycles. The molecular weight excluding hydrogens is 274 g/mol. The van der Waals surface area contributed by atoms with Gasteiger partial charge in [-0.1, -0.05) is 0 Å². The monoisotopic (exact) mass is 289 g/mol. The van der Waals surface area contributed by atoms with Gasteiger partial charge in [0, 0.05) is 30.7 Å². The van der Waals surface area contributed by atoms with Gasteiger partial charge in [-0.3, -0.25) is 4.90 Å². The number of halogens is 1. The lowest BCUT2D eigenvalue weighted by Gasteiger charge is -2.30. The zero-order valence-electron chi connectivity index (χ0n) is 8.91. The van der Waals surface area contributed by atoms with Gasteiger partial charge in [0.2, 0.25) is 0 Å². The van der Waals surface area contributed by atoms with Crippen LogP contribution in [0.4, 0.5) is 0 Å². The largest absolute Gasteiger partial charge is 0.381 e. The Hall–Kier alpha value is 0.1000. The molecule has 0 spiro atoms. The van der Waals surface area contributed by atoms with E-state index in [1.807, 2.05) is 11.3 Å². The van der Waals surface area contributed by atoms with Crippen molar-refractivity contribution in [2.45, 2.75) is 25.4 Å². The Labute approximate surface area is 103 Å². The van der Waals surface area contributed by atoms with Gasteiger partial charge in [0.1, 0.15) is 0 Å². The maximum absolute atomic E-state index is 5.37. The fourth-order valence-corrected chi connectivity index (χ4v) is 3.48. The van der Waals surface area contributed by atoms with Gasteiger partial charge < -0.3 is 4.74 Å². The number of ether oxygens (including phenoxy) is 1. The van der Waals surface area contributed by atoms with E-state index in [9.17, 15) is 0 Å². The summed E-state index contributed by atoms with van der Waals surface area (Å²) in [5.41, 5.74) is 0. The second-order valence-corrected chi connectivity index (χ2v) is 6.51. The van der Waals surface area contributed by atoms with Crippen molar-refractivity contribution in [2.75, 3.05) is 20.3 Å². The quantitative estimate of drug-likeness (QED) is 0.848. The summed E-state index contributed by atoms with van der Waals surface area (Å²) in [5.74, 6) is 0. The summed E-state index contributed by atoms with van der Waals surface area (Å²) in [7, 11) is 2.21. The lowest BCUT2D eigenvalue weighted by molar-refractivity contribution is 0.0410. The Kier molecular flexibility index (Phi) is 4.20. The van der Waals surface area contributed by atoms with Crippen molar-refractivity contribution < 1.29 is 4.74 Å². The zero-order valence-corrected chi connectivity index (χ0v) is 11.3. The molecule has 0 N–H and O–H groups in total. The molecule has 4 heteroatoms. The Balaban J connectivity index is 1.88. The van der Waals surface area contributed by atoms with E-state index in [2.05, 4.69) is 40.0 Å². The molecule has 0 aliphatic carbocycles. The van der Waals surface area contributed by atoms with Crippen molar-refractivity contribution in [3.63, 3.8) is 0 Å². The van der Waals surface area contributed by atoms with Crippen LogP contribution in [0.1, 0.15) is 17.7 Å². The van der Waals surface area contributed by atoms with E-state index >= 15 is 0 Å². The molecule has 1 aliphatic rings. The first-order valence-corrected chi connectivity index (χ1v) is 6.89. The zero-order chi connectivity index (χ0) is 10.7. The van der Waals surface area contributed by atoms with Crippen LogP contribution in [-0.2, 0) is 11.3 Å². The Morgan fingerprint density at radius 3 is 2.80 bits per heavy atom. The topological polar surface area (TPSA) is 12.5 Å². The molecule has 1 aromatic rings. The lowest BCUT2D eigenvalue weighted by atomic mass is 10.1. The van der Waals surface area contributed by atoms with Gasteiger partial charge in [-0.15, -0.1) is 11.3 Å². The summed E-state index contributed by atoms with van der Waals surface area (Å²) in [6, 6.07) is 5.02. The van der Waals surface area contributed by atoms with Crippen LogP contribution in [0.3, 0.4) is 0 Å². The van der Waals surface area contributed by atoms with Crippen LogP contribution < -0.4 is 0 Å². The van der Waals surface area contributed by atoms with E-state index in [1.54, 1.807) is 0 Å². The standard InChI is InChI=1S/C11H16BrNOS/c1-13(9-4-6-14-7-5-9)8-10-2-3-11(12)15-10/h2-3,9H,4-8H2,1H3. The van der Waals surface area contributed by atoms with Crippen LogP contribution >= 0.6 is 27.3 Å². The van der Waals surface area contributed by atoms with Crippen LogP contribution in [0.25, 0.3) is 0 Å². The van der Waals surface area contributed by atoms with E-state index in [0.29, 0.717) is 6.04 Å². The number of nitrogens with zero attached hydrogens (tertiary/aromatic N) is 1. The summed E-state index contributed by atoms with van der Waals surface area (Å²) in [6.45, 7) is 2.90. The van der Waals surface area contributed by atoms with E-state index in [-0.39, 0.29) is 0 Å². The normalized spacial score (nSPS) is 18.6. The van der Waals surface area contributed by atoms with Gasteiger partial charge in [-0.25, -0.2) is 0 Å². The minimum Gasteiger partial charge on any atom is -0.381 e. The molecule has 0 saturated carbocycles. The summed E-state index contributed by atoms with van der Waals surface area (Å²) < 4.78 is 6.59. The van der Waals surface area contributed by atoms with Crippen molar-refractivity contribution in [3.05, 3.63) is 20.8 Å². The van der Waals surface area contributed by atoms with Crippen LogP contribution in [-0.4, -0.2) is 31.2 Å². The Morgan fingerprint density at radius 2 is 2.20 bits per heavy atom. The average molecular weight is 290 g/mol. The van der Waals surface area contributed by atoms with Crippen LogP contribution in [0.2, 0.25) is 0 Å². The highest BCUT2D eigenvalue weighted by Gasteiger charge is 2.18. The molecule has 15 heavy (non-hydrogen) atoms. The molecule has 0 atom stereocenters. The summed E-state index contributed by atoms with van der Waals surface area (Å²) in [4.78, 5) is 3.87. The smallest absolute Gasteiger partial charge is 0.0701 e. The van der Waals surface area contributed by atoms with Crippen molar-refractivity contribution in [3.8, 4) is 0 Å². The minimum absolute atomic E-state index is 0.694. The third-order valence-electron chi connectivity index (χ3n) is 2.85. The number of hydrogen-bond acceptors (Lipinski definition) is 3. The highest BCUT2D eigenvalue weighted by molar-refractivity contribution is 9.11. The van der Waals surface area contributed by atoms with E-state index in [0.717, 1.165) is 19.8 Å². The highest BCUT2D eigenvalue weighted by atomic mass is 79.9. The minimum atomic E-state index is 0.694.